The number of thioether (sulfide) groups is 1. The number of aromatic hydroxyl groups is 1. The van der Waals surface area contributed by atoms with Crippen LogP contribution < -0.4 is 0 Å². The van der Waals surface area contributed by atoms with Crippen molar-refractivity contribution in [1.29, 1.82) is 0 Å². The van der Waals surface area contributed by atoms with Gasteiger partial charge in [0, 0.05) is 0 Å². The lowest BCUT2D eigenvalue weighted by atomic mass is 10.2. The van der Waals surface area contributed by atoms with Crippen LogP contribution in [0.4, 0.5) is 4.79 Å². The van der Waals surface area contributed by atoms with Gasteiger partial charge in [-0.2, -0.15) is 0 Å². The topological polar surface area (TPSA) is 94.9 Å². The Morgan fingerprint density at radius 1 is 1.26 bits per heavy atom. The number of phenolic OH excluding ortho intramolecular Hbond substituents is 1. The van der Waals surface area contributed by atoms with E-state index in [0.29, 0.717) is 22.2 Å². The van der Waals surface area contributed by atoms with E-state index in [1.54, 1.807) is 12.1 Å². The van der Waals surface area contributed by atoms with E-state index in [1.807, 2.05) is 0 Å². The third-order valence-electron chi connectivity index (χ3n) is 2.36. The van der Waals surface area contributed by atoms with Gasteiger partial charge < -0.3 is 10.2 Å². The molecule has 0 aliphatic carbocycles. The first-order valence-corrected chi connectivity index (χ1v) is 6.05. The summed E-state index contributed by atoms with van der Waals surface area (Å²) in [6.45, 7) is -0.641. The summed E-state index contributed by atoms with van der Waals surface area (Å²) in [6.07, 6.45) is 1.48. The zero-order valence-electron chi connectivity index (χ0n) is 9.57. The van der Waals surface area contributed by atoms with Gasteiger partial charge in [-0.3, -0.25) is 19.3 Å². The van der Waals surface area contributed by atoms with E-state index in [2.05, 4.69) is 0 Å². The number of aliphatic carboxylic acids is 1. The van der Waals surface area contributed by atoms with Crippen LogP contribution in [0.5, 0.6) is 5.75 Å². The zero-order chi connectivity index (χ0) is 14.0. The molecule has 1 saturated heterocycles. The molecule has 0 atom stereocenters. The highest BCUT2D eigenvalue weighted by Gasteiger charge is 2.36. The van der Waals surface area contributed by atoms with Gasteiger partial charge in [0.2, 0.25) is 0 Å². The number of carbonyl (C=O) groups is 3. The zero-order valence-corrected chi connectivity index (χ0v) is 10.4. The quantitative estimate of drug-likeness (QED) is 0.814. The molecule has 1 fully saturated rings. The van der Waals surface area contributed by atoms with Crippen LogP contribution >= 0.6 is 11.8 Å². The molecule has 0 aromatic heterocycles. The molecule has 1 aromatic rings. The molecule has 1 aliphatic heterocycles. The molecule has 0 unspecified atom stereocenters. The maximum Gasteiger partial charge on any atom is 0.323 e. The largest absolute Gasteiger partial charge is 0.508 e. The van der Waals surface area contributed by atoms with Crippen LogP contribution in [-0.4, -0.2) is 38.8 Å². The molecule has 1 aromatic carbocycles. The van der Waals surface area contributed by atoms with E-state index in [0.717, 1.165) is 0 Å². The number of rotatable bonds is 3. The van der Waals surface area contributed by atoms with Crippen molar-refractivity contribution in [2.45, 2.75) is 0 Å². The third kappa shape index (κ3) is 2.94. The monoisotopic (exact) mass is 279 g/mol. The van der Waals surface area contributed by atoms with Crippen molar-refractivity contribution in [3.05, 3.63) is 34.7 Å². The Balaban J connectivity index is 2.23. The maximum atomic E-state index is 11.8. The summed E-state index contributed by atoms with van der Waals surface area (Å²) in [5.74, 6) is -1.77. The molecule has 98 valence electrons. The molecule has 0 radical (unpaired) electrons. The van der Waals surface area contributed by atoms with Gasteiger partial charge in [-0.25, -0.2) is 0 Å². The van der Waals surface area contributed by atoms with Crippen LogP contribution in [0.15, 0.2) is 29.2 Å². The smallest absolute Gasteiger partial charge is 0.323 e. The number of hydrogen-bond acceptors (Lipinski definition) is 5. The minimum Gasteiger partial charge on any atom is -0.508 e. The summed E-state index contributed by atoms with van der Waals surface area (Å²) >= 11 is 0.696. The predicted octanol–water partition coefficient (Wildman–Crippen LogP) is 1.51. The van der Waals surface area contributed by atoms with Crippen LogP contribution in [-0.2, 0) is 9.59 Å². The molecule has 0 saturated carbocycles. The Bertz CT molecular complexity index is 578. The summed E-state index contributed by atoms with van der Waals surface area (Å²) in [6, 6.07) is 6.07. The number of imide groups is 1. The Labute approximate surface area is 112 Å². The normalized spacial score (nSPS) is 17.3. The van der Waals surface area contributed by atoms with E-state index >= 15 is 0 Å². The fraction of sp³-hybridized carbons (Fsp3) is 0.0833. The van der Waals surface area contributed by atoms with Crippen molar-refractivity contribution < 1.29 is 24.6 Å². The molecule has 6 nitrogen and oxygen atoms in total. The Hall–Kier alpha value is -2.28. The molecular formula is C12H9NO5S. The van der Waals surface area contributed by atoms with Crippen molar-refractivity contribution in [3.8, 4) is 5.75 Å². The van der Waals surface area contributed by atoms with Gasteiger partial charge in [0.05, 0.1) is 4.91 Å². The molecule has 19 heavy (non-hydrogen) atoms. The van der Waals surface area contributed by atoms with Gasteiger partial charge in [-0.1, -0.05) is 12.1 Å². The average molecular weight is 279 g/mol. The van der Waals surface area contributed by atoms with E-state index < -0.39 is 23.7 Å². The van der Waals surface area contributed by atoms with Gasteiger partial charge in [0.15, 0.2) is 0 Å². The molecule has 0 bridgehead atoms. The minimum atomic E-state index is -1.24. The summed E-state index contributed by atoms with van der Waals surface area (Å²) < 4.78 is 0. The average Bonchev–Trinajstić information content (AvgIpc) is 2.60. The summed E-state index contributed by atoms with van der Waals surface area (Å²) in [7, 11) is 0. The Kier molecular flexibility index (Phi) is 3.57. The number of carbonyl (C=O) groups excluding carboxylic acids is 2. The number of phenols is 1. The van der Waals surface area contributed by atoms with E-state index in [9.17, 15) is 14.4 Å². The number of hydrogen-bond donors (Lipinski definition) is 2. The summed E-state index contributed by atoms with van der Waals surface area (Å²) in [5.41, 5.74) is 0.638. The molecule has 1 heterocycles. The van der Waals surface area contributed by atoms with Gasteiger partial charge in [0.25, 0.3) is 11.1 Å². The first-order valence-electron chi connectivity index (χ1n) is 5.23. The summed E-state index contributed by atoms with van der Waals surface area (Å²) in [5, 5.41) is 17.1. The fourth-order valence-corrected chi connectivity index (χ4v) is 2.33. The van der Waals surface area contributed by atoms with Crippen molar-refractivity contribution in [2.75, 3.05) is 6.54 Å². The number of benzene rings is 1. The molecule has 2 N–H and O–H groups in total. The molecule has 0 spiro atoms. The maximum absolute atomic E-state index is 11.8. The highest BCUT2D eigenvalue weighted by molar-refractivity contribution is 8.18. The molecular weight excluding hydrogens is 270 g/mol. The second-order valence-corrected chi connectivity index (χ2v) is 4.75. The Morgan fingerprint density at radius 3 is 2.47 bits per heavy atom. The van der Waals surface area contributed by atoms with Crippen LogP contribution in [0.3, 0.4) is 0 Å². The van der Waals surface area contributed by atoms with Crippen LogP contribution in [0.2, 0.25) is 0 Å². The minimum absolute atomic E-state index is 0.0936. The second-order valence-electron chi connectivity index (χ2n) is 3.75. The first kappa shape index (κ1) is 13.2. The lowest BCUT2D eigenvalue weighted by molar-refractivity contribution is -0.140. The fourth-order valence-electron chi connectivity index (χ4n) is 1.49. The van der Waals surface area contributed by atoms with Crippen molar-refractivity contribution in [3.63, 3.8) is 0 Å². The van der Waals surface area contributed by atoms with Crippen molar-refractivity contribution in [2.24, 2.45) is 0 Å². The van der Waals surface area contributed by atoms with Crippen LogP contribution in [0, 0.1) is 0 Å². The van der Waals surface area contributed by atoms with Gasteiger partial charge in [-0.05, 0) is 35.5 Å². The second kappa shape index (κ2) is 5.15. The van der Waals surface area contributed by atoms with Crippen molar-refractivity contribution >= 4 is 35.0 Å². The van der Waals surface area contributed by atoms with Gasteiger partial charge in [0.1, 0.15) is 12.3 Å². The van der Waals surface area contributed by atoms with Crippen molar-refractivity contribution in [1.82, 2.24) is 4.90 Å². The molecule has 2 amide bonds. The third-order valence-corrected chi connectivity index (χ3v) is 3.27. The van der Waals surface area contributed by atoms with E-state index in [1.165, 1.54) is 18.2 Å². The first-order chi connectivity index (χ1) is 8.97. The molecule has 7 heteroatoms. The lowest BCUT2D eigenvalue weighted by Crippen LogP contribution is -2.33. The van der Waals surface area contributed by atoms with Gasteiger partial charge >= 0.3 is 5.97 Å². The number of amides is 2. The predicted molar refractivity (Wildman–Crippen MR) is 68.4 cm³/mol. The number of carboxylic acid groups (broad SMARTS) is 1. The number of carboxylic acids is 1. The Morgan fingerprint density at radius 2 is 1.89 bits per heavy atom. The van der Waals surface area contributed by atoms with Crippen LogP contribution in [0.1, 0.15) is 5.56 Å². The number of nitrogens with zero attached hydrogens (tertiary/aromatic N) is 1. The van der Waals surface area contributed by atoms with E-state index in [4.69, 9.17) is 10.2 Å². The van der Waals surface area contributed by atoms with Gasteiger partial charge in [-0.15, -0.1) is 0 Å². The van der Waals surface area contributed by atoms with Crippen LogP contribution in [0.25, 0.3) is 6.08 Å². The SMILES string of the molecule is O=C(O)CN1C(=O)S/C(=C\c2ccc(O)cc2)C1=O. The molecule has 1 aliphatic rings. The molecule has 2 rings (SSSR count). The lowest BCUT2D eigenvalue weighted by Gasteiger charge is -2.07. The highest BCUT2D eigenvalue weighted by atomic mass is 32.2. The highest BCUT2D eigenvalue weighted by Crippen LogP contribution is 2.32. The summed E-state index contributed by atoms with van der Waals surface area (Å²) in [4.78, 5) is 34.7. The van der Waals surface area contributed by atoms with E-state index in [-0.39, 0.29) is 10.7 Å². The standard InChI is InChI=1S/C12H9NO5S/c14-8-3-1-7(2-4-8)5-9-11(17)13(6-10(15)16)12(18)19-9/h1-5,14H,6H2,(H,15,16)/b9-5-.